The van der Waals surface area contributed by atoms with Crippen LogP contribution in [0, 0.1) is 17.6 Å². The Morgan fingerprint density at radius 3 is 2.07 bits per heavy atom. The second kappa shape index (κ2) is 14.4. The lowest BCUT2D eigenvalue weighted by molar-refractivity contribution is -0.169. The molecule has 0 aromatic heterocycles. The molecule has 1 saturated heterocycles. The number of amides is 3. The summed E-state index contributed by atoms with van der Waals surface area (Å²) in [5, 5.41) is 19.9. The quantitative estimate of drug-likeness (QED) is 0.232. The molecule has 0 radical (unpaired) electrons. The summed E-state index contributed by atoms with van der Waals surface area (Å²) >= 11 is 1.24. The van der Waals surface area contributed by atoms with Crippen LogP contribution in [0.3, 0.4) is 0 Å². The maximum atomic E-state index is 13.6. The molecule has 0 spiro atoms. The number of β-lactam (4-membered cyclic amide) rings is 1. The fourth-order valence-corrected chi connectivity index (χ4v) is 6.43. The van der Waals surface area contributed by atoms with Crippen molar-refractivity contribution in [2.75, 3.05) is 23.8 Å². The summed E-state index contributed by atoms with van der Waals surface area (Å²) in [5.41, 5.74) is 5.31. The van der Waals surface area contributed by atoms with E-state index in [2.05, 4.69) is 0 Å². The number of anilines is 1. The third-order valence-corrected chi connectivity index (χ3v) is 9.44. The van der Waals surface area contributed by atoms with Gasteiger partial charge in [0.25, 0.3) is 5.91 Å². The van der Waals surface area contributed by atoms with Gasteiger partial charge in [0.15, 0.2) is 6.61 Å². The molecule has 1 unspecified atom stereocenters. The monoisotopic (exact) mass is 655 g/mol. The van der Waals surface area contributed by atoms with Crippen molar-refractivity contribution in [1.29, 1.82) is 0 Å². The number of aliphatic carboxylic acids is 1. The highest BCUT2D eigenvalue weighted by atomic mass is 32.2. The molecule has 46 heavy (non-hydrogen) atoms. The fraction of sp³-hybridized carbons (Fsp3) is 0.333. The predicted molar refractivity (Wildman–Crippen MR) is 168 cm³/mol. The number of benzene rings is 3. The predicted octanol–water partition coefficient (Wildman–Crippen LogP) is 4.08. The van der Waals surface area contributed by atoms with Gasteiger partial charge in [0.05, 0.1) is 18.7 Å². The lowest BCUT2D eigenvalue weighted by Gasteiger charge is -2.47. The number of hydrogen-bond donors (Lipinski definition) is 3. The molecule has 3 amide bonds. The molecule has 0 bridgehead atoms. The zero-order chi connectivity index (χ0) is 33.8. The molecule has 4 atom stereocenters. The van der Waals surface area contributed by atoms with Gasteiger partial charge in [-0.15, -0.1) is 11.8 Å². The number of rotatable bonds is 13. The summed E-state index contributed by atoms with van der Waals surface area (Å²) in [6.45, 7) is 3.23. The van der Waals surface area contributed by atoms with E-state index < -0.39 is 71.4 Å². The van der Waals surface area contributed by atoms with E-state index >= 15 is 0 Å². The SMILES string of the molecule is CC(C)[C@@](C)(C(=O)O)N(C(=O)CN)C(=O)COc1ccc([C@@H]2[C@@H](SCC(O)c3ccc(F)cc3)C(=O)N2c2ccc(F)cc2)cc1. The molecule has 3 aromatic rings. The molecule has 1 fully saturated rings. The number of carbonyl (C=O) groups excluding carboxylic acids is 3. The normalized spacial score (nSPS) is 18.0. The Hall–Kier alpha value is -4.33. The lowest BCUT2D eigenvalue weighted by atomic mass is 9.86. The maximum Gasteiger partial charge on any atom is 0.330 e. The zero-order valence-electron chi connectivity index (χ0n) is 25.4. The van der Waals surface area contributed by atoms with E-state index in [4.69, 9.17) is 10.5 Å². The molecule has 0 saturated carbocycles. The summed E-state index contributed by atoms with van der Waals surface area (Å²) in [6.07, 6.45) is -0.948. The number of hydrogen-bond acceptors (Lipinski definition) is 8. The van der Waals surface area contributed by atoms with Crippen LogP contribution in [-0.2, 0) is 19.2 Å². The number of halogens is 2. The van der Waals surface area contributed by atoms with Gasteiger partial charge in [-0.05, 0) is 72.5 Å². The van der Waals surface area contributed by atoms with Crippen molar-refractivity contribution in [1.82, 2.24) is 4.90 Å². The van der Waals surface area contributed by atoms with Crippen molar-refractivity contribution in [3.8, 4) is 5.75 Å². The first-order valence-electron chi connectivity index (χ1n) is 14.5. The Morgan fingerprint density at radius 1 is 0.978 bits per heavy atom. The number of carboxylic acid groups (broad SMARTS) is 1. The average Bonchev–Trinajstić information content (AvgIpc) is 3.03. The van der Waals surface area contributed by atoms with E-state index in [0.29, 0.717) is 21.7 Å². The van der Waals surface area contributed by atoms with E-state index in [1.165, 1.54) is 72.1 Å². The van der Waals surface area contributed by atoms with Crippen LogP contribution in [0.5, 0.6) is 5.75 Å². The number of imide groups is 1. The molecule has 13 heteroatoms. The summed E-state index contributed by atoms with van der Waals surface area (Å²) in [6, 6.07) is 16.9. The van der Waals surface area contributed by atoms with Crippen molar-refractivity contribution in [3.05, 3.63) is 95.6 Å². The highest BCUT2D eigenvalue weighted by molar-refractivity contribution is 8.00. The van der Waals surface area contributed by atoms with Gasteiger partial charge in [0.2, 0.25) is 11.8 Å². The van der Waals surface area contributed by atoms with Crippen molar-refractivity contribution in [3.63, 3.8) is 0 Å². The Bertz CT molecular complexity index is 1570. The van der Waals surface area contributed by atoms with Crippen molar-refractivity contribution >= 4 is 41.1 Å². The van der Waals surface area contributed by atoms with Crippen LogP contribution in [0.4, 0.5) is 14.5 Å². The molecule has 1 aliphatic heterocycles. The van der Waals surface area contributed by atoms with Gasteiger partial charge < -0.3 is 25.6 Å². The molecule has 1 aliphatic rings. The maximum absolute atomic E-state index is 13.6. The number of aliphatic hydroxyl groups excluding tert-OH is 1. The molecule has 244 valence electrons. The Morgan fingerprint density at radius 2 is 1.54 bits per heavy atom. The van der Waals surface area contributed by atoms with Gasteiger partial charge in [0.1, 0.15) is 28.2 Å². The molecule has 3 aromatic carbocycles. The molecule has 0 aliphatic carbocycles. The fourth-order valence-electron chi connectivity index (χ4n) is 5.13. The number of ether oxygens (including phenoxy) is 1. The molecular weight excluding hydrogens is 620 g/mol. The first kappa shape index (κ1) is 34.5. The van der Waals surface area contributed by atoms with E-state index in [1.807, 2.05) is 0 Å². The van der Waals surface area contributed by atoms with Crippen LogP contribution in [0.2, 0.25) is 0 Å². The van der Waals surface area contributed by atoms with Crippen LogP contribution < -0.4 is 15.4 Å². The third kappa shape index (κ3) is 7.06. The molecule has 1 heterocycles. The minimum Gasteiger partial charge on any atom is -0.484 e. The van der Waals surface area contributed by atoms with Crippen molar-refractivity contribution in [2.45, 2.75) is 43.7 Å². The number of nitrogens with zero attached hydrogens (tertiary/aromatic N) is 2. The van der Waals surface area contributed by atoms with Crippen LogP contribution in [0.15, 0.2) is 72.8 Å². The minimum atomic E-state index is -1.85. The van der Waals surface area contributed by atoms with Gasteiger partial charge in [-0.2, -0.15) is 0 Å². The number of nitrogens with two attached hydrogens (primary N) is 1. The van der Waals surface area contributed by atoms with Gasteiger partial charge in [0, 0.05) is 11.4 Å². The minimum absolute atomic E-state index is 0.156. The van der Waals surface area contributed by atoms with E-state index in [0.717, 1.165) is 0 Å². The third-order valence-electron chi connectivity index (χ3n) is 8.12. The summed E-state index contributed by atoms with van der Waals surface area (Å²) in [7, 11) is 0. The second-order valence-corrected chi connectivity index (χ2v) is 12.4. The number of carboxylic acids is 1. The Labute approximate surface area is 269 Å². The highest BCUT2D eigenvalue weighted by Gasteiger charge is 2.50. The van der Waals surface area contributed by atoms with E-state index in [9.17, 15) is 38.2 Å². The smallest absolute Gasteiger partial charge is 0.330 e. The summed E-state index contributed by atoms with van der Waals surface area (Å²) in [5.74, 6) is -4.44. The number of thioether (sulfide) groups is 1. The first-order chi connectivity index (χ1) is 21.8. The van der Waals surface area contributed by atoms with Crippen LogP contribution in [0.1, 0.15) is 44.0 Å². The molecule has 4 rings (SSSR count). The Kier molecular flexibility index (Phi) is 10.8. The standard InChI is InChI=1S/C33H35F2N3O7S/c1-19(2)33(3,32(43)44)38(27(40)16-36)28(41)17-45-25-14-6-21(7-15-25)29-30(31(42)37(29)24-12-10-23(35)11-13-24)46-18-26(39)20-4-8-22(34)9-5-20/h4-15,19,26,29-30,39H,16-18,36H2,1-3H3,(H,43,44)/t26?,29-,30-,33+/m1/s1. The number of aliphatic hydroxyl groups is 1. The molecular formula is C33H35F2N3O7S. The van der Waals surface area contributed by atoms with Crippen LogP contribution >= 0.6 is 11.8 Å². The second-order valence-electron chi connectivity index (χ2n) is 11.2. The van der Waals surface area contributed by atoms with Gasteiger partial charge in [-0.3, -0.25) is 19.3 Å². The summed E-state index contributed by atoms with van der Waals surface area (Å²) < 4.78 is 32.6. The Balaban J connectivity index is 1.52. The van der Waals surface area contributed by atoms with Crippen molar-refractivity contribution in [2.24, 2.45) is 11.7 Å². The topological polar surface area (TPSA) is 150 Å². The summed E-state index contributed by atoms with van der Waals surface area (Å²) in [4.78, 5) is 53.3. The molecule has 4 N–H and O–H groups in total. The lowest BCUT2D eigenvalue weighted by Crippen LogP contribution is -2.62. The van der Waals surface area contributed by atoms with E-state index in [1.54, 1.807) is 38.1 Å². The number of carbonyl (C=O) groups is 4. The first-order valence-corrected chi connectivity index (χ1v) is 15.5. The van der Waals surface area contributed by atoms with E-state index in [-0.39, 0.29) is 17.4 Å². The van der Waals surface area contributed by atoms with Gasteiger partial charge in [-0.25, -0.2) is 13.6 Å². The molecule has 10 nitrogen and oxygen atoms in total. The highest BCUT2D eigenvalue weighted by Crippen LogP contribution is 2.46. The van der Waals surface area contributed by atoms with Crippen LogP contribution in [-0.4, -0.2) is 68.5 Å². The zero-order valence-corrected chi connectivity index (χ0v) is 26.2. The largest absolute Gasteiger partial charge is 0.484 e. The average molecular weight is 656 g/mol. The van der Waals surface area contributed by atoms with Crippen LogP contribution in [0.25, 0.3) is 0 Å². The van der Waals surface area contributed by atoms with Crippen molar-refractivity contribution < 1.29 is 42.9 Å². The van der Waals surface area contributed by atoms with Gasteiger partial charge in [-0.1, -0.05) is 38.1 Å². The van der Waals surface area contributed by atoms with Gasteiger partial charge >= 0.3 is 5.97 Å².